The monoisotopic (exact) mass is 453 g/mol. The molecule has 0 aliphatic heterocycles. The number of rotatable bonds is 7. The standard InChI is InChI=1S/C14H11Br2F2NO4/c15-9-4-3-7(10(16)12(9)23-14(17)18)11(20)8(13(21)22)5-19-6-1-2-6/h3-6,8,14H,1-2H2,(H,21,22). The summed E-state index contributed by atoms with van der Waals surface area (Å²) >= 11 is 6.07. The van der Waals surface area contributed by atoms with Crippen LogP contribution in [0.1, 0.15) is 23.2 Å². The highest BCUT2D eigenvalue weighted by Crippen LogP contribution is 2.38. The van der Waals surface area contributed by atoms with E-state index in [1.165, 1.54) is 12.1 Å². The first-order chi connectivity index (χ1) is 10.8. The van der Waals surface area contributed by atoms with Crippen LogP contribution >= 0.6 is 31.9 Å². The van der Waals surface area contributed by atoms with Crippen molar-refractivity contribution in [3.05, 3.63) is 26.6 Å². The van der Waals surface area contributed by atoms with Gasteiger partial charge in [0.15, 0.2) is 17.5 Å². The minimum Gasteiger partial charge on any atom is -0.480 e. The number of hydrogen-bond donors (Lipinski definition) is 1. The largest absolute Gasteiger partial charge is 0.480 e. The number of carboxylic acid groups (broad SMARTS) is 1. The second-order valence-corrected chi connectivity index (χ2v) is 6.47. The number of aliphatic imine (C=N–C) groups is 1. The van der Waals surface area contributed by atoms with Crippen molar-refractivity contribution in [3.8, 4) is 5.75 Å². The van der Waals surface area contributed by atoms with Gasteiger partial charge in [0.25, 0.3) is 0 Å². The number of ether oxygens (including phenoxy) is 1. The van der Waals surface area contributed by atoms with Crippen LogP contribution in [0.15, 0.2) is 26.1 Å². The highest BCUT2D eigenvalue weighted by Gasteiger charge is 2.30. The van der Waals surface area contributed by atoms with Gasteiger partial charge in [0, 0.05) is 17.8 Å². The van der Waals surface area contributed by atoms with Gasteiger partial charge in [-0.2, -0.15) is 8.78 Å². The molecule has 0 saturated heterocycles. The number of Topliss-reactive ketones (excluding diaryl/α,β-unsaturated/α-hetero) is 1. The molecule has 0 spiro atoms. The van der Waals surface area contributed by atoms with Gasteiger partial charge in [-0.1, -0.05) is 0 Å². The molecular formula is C14H11Br2F2NO4. The molecule has 0 amide bonds. The van der Waals surface area contributed by atoms with Gasteiger partial charge in [0.1, 0.15) is 0 Å². The van der Waals surface area contributed by atoms with Gasteiger partial charge in [0.05, 0.1) is 8.95 Å². The van der Waals surface area contributed by atoms with E-state index in [1.807, 2.05) is 0 Å². The number of carbonyl (C=O) groups excluding carboxylic acids is 1. The summed E-state index contributed by atoms with van der Waals surface area (Å²) < 4.78 is 29.4. The molecule has 1 saturated carbocycles. The van der Waals surface area contributed by atoms with Crippen LogP contribution in [0.4, 0.5) is 8.78 Å². The van der Waals surface area contributed by atoms with E-state index in [9.17, 15) is 23.5 Å². The summed E-state index contributed by atoms with van der Waals surface area (Å²) in [6.45, 7) is -3.08. The Morgan fingerprint density at radius 1 is 1.35 bits per heavy atom. The Morgan fingerprint density at radius 3 is 2.52 bits per heavy atom. The number of aliphatic carboxylic acids is 1. The first-order valence-corrected chi connectivity index (χ1v) is 8.13. The zero-order chi connectivity index (χ0) is 17.1. The number of hydrogen-bond acceptors (Lipinski definition) is 4. The summed E-state index contributed by atoms with van der Waals surface area (Å²) in [4.78, 5) is 27.7. The van der Waals surface area contributed by atoms with E-state index in [-0.39, 0.29) is 26.3 Å². The first kappa shape index (κ1) is 18.0. The molecule has 1 atom stereocenters. The molecule has 23 heavy (non-hydrogen) atoms. The summed E-state index contributed by atoms with van der Waals surface area (Å²) in [5.74, 6) is -3.87. The molecule has 1 fully saturated rings. The van der Waals surface area contributed by atoms with E-state index < -0.39 is 24.3 Å². The van der Waals surface area contributed by atoms with Gasteiger partial charge >= 0.3 is 12.6 Å². The number of nitrogens with zero attached hydrogens (tertiary/aromatic N) is 1. The zero-order valence-corrected chi connectivity index (χ0v) is 14.7. The lowest BCUT2D eigenvalue weighted by molar-refractivity contribution is -0.137. The predicted molar refractivity (Wildman–Crippen MR) is 85.4 cm³/mol. The predicted octanol–water partition coefficient (Wildman–Crippen LogP) is 3.93. The average molecular weight is 455 g/mol. The van der Waals surface area contributed by atoms with Crippen molar-refractivity contribution in [2.45, 2.75) is 25.5 Å². The van der Waals surface area contributed by atoms with Crippen LogP contribution in [-0.2, 0) is 4.79 Å². The maximum absolute atomic E-state index is 12.5. The molecule has 1 aliphatic rings. The molecule has 1 aromatic carbocycles. The van der Waals surface area contributed by atoms with Crippen molar-refractivity contribution in [3.63, 3.8) is 0 Å². The SMILES string of the molecule is O=C(O)C(C=NC1CC1)C(=O)c1ccc(Br)c(OC(F)F)c1Br. The van der Waals surface area contributed by atoms with Crippen LogP contribution in [-0.4, -0.2) is 35.7 Å². The van der Waals surface area contributed by atoms with Crippen molar-refractivity contribution in [2.75, 3.05) is 0 Å². The van der Waals surface area contributed by atoms with E-state index in [4.69, 9.17) is 0 Å². The molecule has 9 heteroatoms. The van der Waals surface area contributed by atoms with Crippen molar-refractivity contribution in [1.29, 1.82) is 0 Å². The Hall–Kier alpha value is -1.35. The van der Waals surface area contributed by atoms with Crippen LogP contribution in [0.5, 0.6) is 5.75 Å². The second kappa shape index (κ2) is 7.48. The van der Waals surface area contributed by atoms with Gasteiger partial charge in [-0.25, -0.2) is 0 Å². The smallest absolute Gasteiger partial charge is 0.387 e. The summed E-state index contributed by atoms with van der Waals surface area (Å²) in [5.41, 5.74) is -0.0708. The average Bonchev–Trinajstić information content (AvgIpc) is 3.27. The third kappa shape index (κ3) is 4.57. The Kier molecular flexibility index (Phi) is 5.85. The maximum Gasteiger partial charge on any atom is 0.387 e. The minimum absolute atomic E-state index is 0.0387. The van der Waals surface area contributed by atoms with Gasteiger partial charge in [0.2, 0.25) is 0 Å². The van der Waals surface area contributed by atoms with Crippen molar-refractivity contribution >= 4 is 49.8 Å². The minimum atomic E-state index is -3.08. The molecular weight excluding hydrogens is 444 g/mol. The lowest BCUT2D eigenvalue weighted by atomic mass is 9.98. The Bertz CT molecular complexity index is 662. The van der Waals surface area contributed by atoms with Gasteiger partial charge in [-0.05, 0) is 56.8 Å². The molecule has 1 unspecified atom stereocenters. The number of ketones is 1. The third-order valence-corrected chi connectivity index (χ3v) is 4.47. The van der Waals surface area contributed by atoms with E-state index >= 15 is 0 Å². The van der Waals surface area contributed by atoms with Gasteiger partial charge in [-0.3, -0.25) is 14.6 Å². The molecule has 0 aromatic heterocycles. The van der Waals surface area contributed by atoms with Crippen LogP contribution < -0.4 is 4.74 Å². The van der Waals surface area contributed by atoms with Crippen molar-refractivity contribution in [2.24, 2.45) is 10.9 Å². The Morgan fingerprint density at radius 2 is 2.00 bits per heavy atom. The molecule has 5 nitrogen and oxygen atoms in total. The molecule has 0 radical (unpaired) electrons. The van der Waals surface area contributed by atoms with Crippen molar-refractivity contribution < 1.29 is 28.2 Å². The molecule has 1 aliphatic carbocycles. The maximum atomic E-state index is 12.5. The number of carbonyl (C=O) groups is 2. The van der Waals surface area contributed by atoms with Crippen LogP contribution in [0, 0.1) is 5.92 Å². The fraction of sp³-hybridized carbons (Fsp3) is 0.357. The van der Waals surface area contributed by atoms with Crippen LogP contribution in [0.25, 0.3) is 0 Å². The summed E-state index contributed by atoms with van der Waals surface area (Å²) in [6, 6.07) is 2.73. The fourth-order valence-corrected chi connectivity index (χ4v) is 3.09. The summed E-state index contributed by atoms with van der Waals surface area (Å²) in [5, 5.41) is 9.21. The fourth-order valence-electron chi connectivity index (χ4n) is 1.76. The number of benzene rings is 1. The van der Waals surface area contributed by atoms with E-state index in [2.05, 4.69) is 41.6 Å². The number of carboxylic acids is 1. The summed E-state index contributed by atoms with van der Waals surface area (Å²) in [6.07, 6.45) is 2.83. The second-order valence-electron chi connectivity index (χ2n) is 4.83. The van der Waals surface area contributed by atoms with E-state index in [1.54, 1.807) is 0 Å². The number of alkyl halides is 2. The van der Waals surface area contributed by atoms with Crippen molar-refractivity contribution in [1.82, 2.24) is 0 Å². The molecule has 0 bridgehead atoms. The Balaban J connectivity index is 2.34. The van der Waals surface area contributed by atoms with Gasteiger partial charge in [-0.15, -0.1) is 0 Å². The normalized spacial score (nSPS) is 15.9. The highest BCUT2D eigenvalue weighted by molar-refractivity contribution is 9.11. The first-order valence-electron chi connectivity index (χ1n) is 6.54. The summed E-state index contributed by atoms with van der Waals surface area (Å²) in [7, 11) is 0. The van der Waals surface area contributed by atoms with Crippen LogP contribution in [0.2, 0.25) is 0 Å². The molecule has 2 rings (SSSR count). The molecule has 1 aromatic rings. The lowest BCUT2D eigenvalue weighted by Gasteiger charge is -2.13. The topological polar surface area (TPSA) is 76.0 Å². The molecule has 1 N–H and O–H groups in total. The quantitative estimate of drug-likeness (QED) is 0.384. The van der Waals surface area contributed by atoms with E-state index in [0.717, 1.165) is 19.1 Å². The molecule has 124 valence electrons. The van der Waals surface area contributed by atoms with E-state index in [0.29, 0.717) is 0 Å². The highest BCUT2D eigenvalue weighted by atomic mass is 79.9. The zero-order valence-electron chi connectivity index (χ0n) is 11.5. The van der Waals surface area contributed by atoms with Gasteiger partial charge < -0.3 is 9.84 Å². The van der Waals surface area contributed by atoms with Crippen LogP contribution in [0.3, 0.4) is 0 Å². The molecule has 0 heterocycles. The Labute approximate surface area is 147 Å². The lowest BCUT2D eigenvalue weighted by Crippen LogP contribution is -2.26. The number of halogens is 4. The third-order valence-electron chi connectivity index (χ3n) is 3.06.